The van der Waals surface area contributed by atoms with Gasteiger partial charge in [0.15, 0.2) is 0 Å². The van der Waals surface area contributed by atoms with E-state index in [1.54, 1.807) is 12.4 Å². The average Bonchev–Trinajstić information content (AvgIpc) is 3.24. The number of amides is 1. The molecule has 4 heterocycles. The van der Waals surface area contributed by atoms with Crippen LogP contribution in [0.15, 0.2) is 18.5 Å². The number of rotatable bonds is 2. The molecule has 1 aromatic heterocycles. The summed E-state index contributed by atoms with van der Waals surface area (Å²) in [4.78, 5) is 28.6. The molecule has 0 bridgehead atoms. The molecule has 0 saturated carbocycles. The number of hydroxylamine groups is 2. The summed E-state index contributed by atoms with van der Waals surface area (Å²) in [6.45, 7) is 2.18. The molecule has 1 aromatic rings. The molecule has 3 aliphatic heterocycles. The minimum atomic E-state index is -0.365. The van der Waals surface area contributed by atoms with Crippen molar-refractivity contribution < 1.29 is 14.4 Å². The summed E-state index contributed by atoms with van der Waals surface area (Å²) >= 11 is 0. The van der Waals surface area contributed by atoms with Crippen molar-refractivity contribution in [2.24, 2.45) is 0 Å². The molecule has 3 aliphatic rings. The Morgan fingerprint density at radius 3 is 2.82 bits per heavy atom. The van der Waals surface area contributed by atoms with Crippen LogP contribution in [0.1, 0.15) is 25.7 Å². The largest absolute Gasteiger partial charge is 0.363 e. The zero-order valence-corrected chi connectivity index (χ0v) is 12.4. The summed E-state index contributed by atoms with van der Waals surface area (Å²) in [5, 5.41) is 1.47. The van der Waals surface area contributed by atoms with Gasteiger partial charge in [0, 0.05) is 18.9 Å². The summed E-state index contributed by atoms with van der Waals surface area (Å²) in [7, 11) is 0. The lowest BCUT2D eigenvalue weighted by molar-refractivity contribution is -0.187. The maximum absolute atomic E-state index is 12.4. The molecule has 4 rings (SSSR count). The van der Waals surface area contributed by atoms with Crippen molar-refractivity contribution in [3.05, 3.63) is 18.5 Å². The van der Waals surface area contributed by atoms with Gasteiger partial charge in [-0.25, -0.2) is 15.0 Å². The second-order valence-corrected chi connectivity index (χ2v) is 5.97. The zero-order chi connectivity index (χ0) is 14.9. The molecule has 3 fully saturated rings. The molecular formula is C15H20N4O3. The molecule has 0 radical (unpaired) electrons. The third-order valence-corrected chi connectivity index (χ3v) is 4.63. The van der Waals surface area contributed by atoms with E-state index in [2.05, 4.69) is 14.9 Å². The van der Waals surface area contributed by atoms with E-state index in [4.69, 9.17) is 9.57 Å². The predicted octanol–water partition coefficient (Wildman–Crippen LogP) is 0.767. The number of carbonyl (C=O) groups excluding carboxylic acids is 1. The van der Waals surface area contributed by atoms with Crippen molar-refractivity contribution in [2.75, 3.05) is 24.6 Å². The molecule has 22 heavy (non-hydrogen) atoms. The van der Waals surface area contributed by atoms with Gasteiger partial charge in [0.1, 0.15) is 6.10 Å². The Balaban J connectivity index is 1.42. The highest BCUT2D eigenvalue weighted by Crippen LogP contribution is 2.34. The van der Waals surface area contributed by atoms with Gasteiger partial charge in [-0.3, -0.25) is 9.63 Å². The standard InChI is InChI=1S/C15H20N4O3/c20-14(19-8-2-10-21-19)13-4-3-11-12(22-13)5-9-18(11)15-16-6-1-7-17-15/h1,6-7,11-13H,2-5,8-10H2/t11-,12-,13+/m1/s1. The highest BCUT2D eigenvalue weighted by Gasteiger charge is 2.43. The maximum atomic E-state index is 12.4. The Morgan fingerprint density at radius 2 is 2.05 bits per heavy atom. The topological polar surface area (TPSA) is 67.8 Å². The molecule has 1 amide bonds. The summed E-state index contributed by atoms with van der Waals surface area (Å²) < 4.78 is 6.07. The van der Waals surface area contributed by atoms with Crippen LogP contribution in [0.3, 0.4) is 0 Å². The molecule has 0 aliphatic carbocycles. The smallest absolute Gasteiger partial charge is 0.275 e. The minimum Gasteiger partial charge on any atom is -0.363 e. The van der Waals surface area contributed by atoms with Crippen LogP contribution in [0.2, 0.25) is 0 Å². The van der Waals surface area contributed by atoms with Crippen LogP contribution >= 0.6 is 0 Å². The molecule has 118 valence electrons. The first-order valence-electron chi connectivity index (χ1n) is 7.96. The van der Waals surface area contributed by atoms with E-state index in [1.807, 2.05) is 6.07 Å². The van der Waals surface area contributed by atoms with E-state index in [1.165, 1.54) is 5.06 Å². The van der Waals surface area contributed by atoms with Crippen LogP contribution in [-0.2, 0) is 14.4 Å². The van der Waals surface area contributed by atoms with Gasteiger partial charge < -0.3 is 9.64 Å². The third kappa shape index (κ3) is 2.44. The van der Waals surface area contributed by atoms with Crippen LogP contribution in [0.5, 0.6) is 0 Å². The average molecular weight is 304 g/mol. The van der Waals surface area contributed by atoms with E-state index in [0.29, 0.717) is 13.2 Å². The van der Waals surface area contributed by atoms with Gasteiger partial charge in [-0.2, -0.15) is 0 Å². The first-order chi connectivity index (χ1) is 10.8. The second-order valence-electron chi connectivity index (χ2n) is 5.97. The van der Waals surface area contributed by atoms with Crippen LogP contribution < -0.4 is 4.90 Å². The van der Waals surface area contributed by atoms with Crippen LogP contribution in [0, 0.1) is 0 Å². The number of anilines is 1. The van der Waals surface area contributed by atoms with E-state index < -0.39 is 0 Å². The predicted molar refractivity (Wildman–Crippen MR) is 78.0 cm³/mol. The highest BCUT2D eigenvalue weighted by atomic mass is 16.7. The van der Waals surface area contributed by atoms with Crippen molar-refractivity contribution in [3.63, 3.8) is 0 Å². The second kappa shape index (κ2) is 5.81. The van der Waals surface area contributed by atoms with E-state index in [9.17, 15) is 4.79 Å². The summed E-state index contributed by atoms with van der Waals surface area (Å²) in [6, 6.07) is 2.09. The fourth-order valence-corrected chi connectivity index (χ4v) is 3.58. The van der Waals surface area contributed by atoms with Crippen LogP contribution in [0.4, 0.5) is 5.95 Å². The van der Waals surface area contributed by atoms with Gasteiger partial charge in [-0.05, 0) is 31.7 Å². The molecule has 7 nitrogen and oxygen atoms in total. The van der Waals surface area contributed by atoms with Gasteiger partial charge in [0.25, 0.3) is 5.91 Å². The lowest BCUT2D eigenvalue weighted by Crippen LogP contribution is -2.48. The number of nitrogens with zero attached hydrogens (tertiary/aromatic N) is 4. The van der Waals surface area contributed by atoms with Crippen molar-refractivity contribution in [2.45, 2.75) is 43.9 Å². The number of carbonyl (C=O) groups is 1. The Morgan fingerprint density at radius 1 is 1.18 bits per heavy atom. The third-order valence-electron chi connectivity index (χ3n) is 4.63. The van der Waals surface area contributed by atoms with Crippen LogP contribution in [-0.4, -0.2) is 58.9 Å². The van der Waals surface area contributed by atoms with Gasteiger partial charge >= 0.3 is 0 Å². The van der Waals surface area contributed by atoms with E-state index in [-0.39, 0.29) is 24.2 Å². The fraction of sp³-hybridized carbons (Fsp3) is 0.667. The first-order valence-corrected chi connectivity index (χ1v) is 7.96. The SMILES string of the molecule is O=C([C@@H]1CC[C@@H]2[C@@H](CCN2c2ncccn2)O1)N1CCCO1. The molecule has 0 spiro atoms. The number of fused-ring (bicyclic) bond motifs is 1. The molecule has 0 N–H and O–H groups in total. The lowest BCUT2D eigenvalue weighted by atomic mass is 9.98. The molecule has 0 unspecified atom stereocenters. The number of ether oxygens (including phenoxy) is 1. The Hall–Kier alpha value is -1.73. The van der Waals surface area contributed by atoms with Crippen molar-refractivity contribution in [3.8, 4) is 0 Å². The molecule has 3 atom stereocenters. The van der Waals surface area contributed by atoms with Gasteiger partial charge in [0.05, 0.1) is 25.3 Å². The molecule has 7 heteroatoms. The summed E-state index contributed by atoms with van der Waals surface area (Å²) in [5.74, 6) is 0.733. The summed E-state index contributed by atoms with van der Waals surface area (Å²) in [6.07, 6.45) is 6.70. The van der Waals surface area contributed by atoms with E-state index in [0.717, 1.165) is 38.2 Å². The summed E-state index contributed by atoms with van der Waals surface area (Å²) in [5.41, 5.74) is 0. The van der Waals surface area contributed by atoms with Gasteiger partial charge in [-0.1, -0.05) is 0 Å². The Bertz CT molecular complexity index is 535. The maximum Gasteiger partial charge on any atom is 0.275 e. The normalized spacial score (nSPS) is 31.4. The number of aromatic nitrogens is 2. The van der Waals surface area contributed by atoms with Crippen molar-refractivity contribution in [1.29, 1.82) is 0 Å². The van der Waals surface area contributed by atoms with Crippen molar-refractivity contribution >= 4 is 11.9 Å². The quantitative estimate of drug-likeness (QED) is 0.804. The fourth-order valence-electron chi connectivity index (χ4n) is 3.58. The van der Waals surface area contributed by atoms with Crippen LogP contribution in [0.25, 0.3) is 0 Å². The van der Waals surface area contributed by atoms with Gasteiger partial charge in [0.2, 0.25) is 5.95 Å². The monoisotopic (exact) mass is 304 g/mol. The number of hydrogen-bond donors (Lipinski definition) is 0. The molecular weight excluding hydrogens is 284 g/mol. The Kier molecular flexibility index (Phi) is 3.67. The Labute approximate surface area is 129 Å². The first kappa shape index (κ1) is 13.9. The van der Waals surface area contributed by atoms with Crippen molar-refractivity contribution in [1.82, 2.24) is 15.0 Å². The van der Waals surface area contributed by atoms with Gasteiger partial charge in [-0.15, -0.1) is 0 Å². The highest BCUT2D eigenvalue weighted by molar-refractivity contribution is 5.80. The van der Waals surface area contributed by atoms with E-state index >= 15 is 0 Å². The zero-order valence-electron chi connectivity index (χ0n) is 12.4. The lowest BCUT2D eigenvalue weighted by Gasteiger charge is -2.36. The molecule has 3 saturated heterocycles. The minimum absolute atomic E-state index is 0.0228. The number of hydrogen-bond acceptors (Lipinski definition) is 6. The molecule has 0 aromatic carbocycles.